The number of hydrogen-bond acceptors (Lipinski definition) is 4. The highest BCUT2D eigenvalue weighted by molar-refractivity contribution is 8.26. The molecule has 2 aromatic carbocycles. The van der Waals surface area contributed by atoms with Crippen LogP contribution in [0.5, 0.6) is 0 Å². The first-order valence-electron chi connectivity index (χ1n) is 8.50. The maximum atomic E-state index is 12.6. The number of thiocarbonyl (C=S) groups is 1. The van der Waals surface area contributed by atoms with Crippen LogP contribution < -0.4 is 5.32 Å². The number of carbonyl (C=O) groups is 2. The van der Waals surface area contributed by atoms with Gasteiger partial charge in [-0.05, 0) is 36.3 Å². The Morgan fingerprint density at radius 1 is 1.11 bits per heavy atom. The topological polar surface area (TPSA) is 49.4 Å². The van der Waals surface area contributed by atoms with Gasteiger partial charge in [-0.3, -0.25) is 14.5 Å². The van der Waals surface area contributed by atoms with Gasteiger partial charge in [0.15, 0.2) is 0 Å². The summed E-state index contributed by atoms with van der Waals surface area (Å²) >= 11 is 18.8. The molecule has 1 saturated heterocycles. The summed E-state index contributed by atoms with van der Waals surface area (Å²) < 4.78 is 0.481. The van der Waals surface area contributed by atoms with E-state index in [9.17, 15) is 9.59 Å². The standard InChI is InChI=1S/C20H16Cl2N2O2S2/c21-14-7-2-1-6-13(14)12-17-19(26)24(20(27)28-17)11-5-10-18(25)23-16-9-4-3-8-15(16)22/h1-4,6-9,12H,5,10-11H2,(H,23,25)/b17-12-. The molecular formula is C20H16Cl2N2O2S2. The van der Waals surface area contributed by atoms with E-state index >= 15 is 0 Å². The van der Waals surface area contributed by atoms with Crippen LogP contribution >= 0.6 is 47.2 Å². The molecule has 0 bridgehead atoms. The third-order valence-corrected chi connectivity index (χ3v) is 6.05. The van der Waals surface area contributed by atoms with Gasteiger partial charge in [-0.25, -0.2) is 0 Å². The van der Waals surface area contributed by atoms with Crippen LogP contribution in [0.3, 0.4) is 0 Å². The summed E-state index contributed by atoms with van der Waals surface area (Å²) in [5.74, 6) is -0.327. The Hall–Kier alpha value is -1.86. The number of rotatable bonds is 6. The normalized spacial score (nSPS) is 15.4. The van der Waals surface area contributed by atoms with Crippen molar-refractivity contribution in [1.29, 1.82) is 0 Å². The number of benzene rings is 2. The van der Waals surface area contributed by atoms with Gasteiger partial charge in [0.25, 0.3) is 5.91 Å². The molecule has 0 saturated carbocycles. The number of nitrogens with zero attached hydrogens (tertiary/aromatic N) is 1. The quantitative estimate of drug-likeness (QED) is 0.458. The van der Waals surface area contributed by atoms with E-state index in [4.69, 9.17) is 35.4 Å². The van der Waals surface area contributed by atoms with Gasteiger partial charge in [-0.15, -0.1) is 0 Å². The van der Waals surface area contributed by atoms with Crippen molar-refractivity contribution in [3.8, 4) is 0 Å². The van der Waals surface area contributed by atoms with E-state index in [-0.39, 0.29) is 18.2 Å². The average Bonchev–Trinajstić information content (AvgIpc) is 2.93. The van der Waals surface area contributed by atoms with Gasteiger partial charge >= 0.3 is 0 Å². The van der Waals surface area contributed by atoms with Crippen molar-refractivity contribution in [2.75, 3.05) is 11.9 Å². The van der Waals surface area contributed by atoms with Crippen molar-refractivity contribution in [3.05, 3.63) is 69.0 Å². The summed E-state index contributed by atoms with van der Waals surface area (Å²) in [7, 11) is 0. The second kappa shape index (κ2) is 9.56. The Balaban J connectivity index is 1.56. The number of para-hydroxylation sites is 1. The lowest BCUT2D eigenvalue weighted by molar-refractivity contribution is -0.122. The van der Waals surface area contributed by atoms with Crippen LogP contribution in [0.25, 0.3) is 6.08 Å². The van der Waals surface area contributed by atoms with Crippen molar-refractivity contribution in [2.45, 2.75) is 12.8 Å². The van der Waals surface area contributed by atoms with E-state index in [1.807, 2.05) is 18.2 Å². The van der Waals surface area contributed by atoms with Gasteiger partial charge in [0, 0.05) is 18.0 Å². The maximum Gasteiger partial charge on any atom is 0.266 e. The number of hydrogen-bond donors (Lipinski definition) is 1. The first kappa shape index (κ1) is 20.9. The van der Waals surface area contributed by atoms with Crippen molar-refractivity contribution in [1.82, 2.24) is 4.90 Å². The number of carbonyl (C=O) groups excluding carboxylic acids is 2. The molecule has 1 N–H and O–H groups in total. The minimum atomic E-state index is -0.165. The molecule has 2 amide bonds. The SMILES string of the molecule is O=C(CCCN1C(=O)/C(=C/c2ccccc2Cl)SC1=S)Nc1ccccc1Cl. The second-order valence-electron chi connectivity index (χ2n) is 5.99. The van der Waals surface area contributed by atoms with Crippen molar-refractivity contribution < 1.29 is 9.59 Å². The molecule has 0 aliphatic carbocycles. The predicted molar refractivity (Wildman–Crippen MR) is 121 cm³/mol. The third kappa shape index (κ3) is 5.14. The van der Waals surface area contributed by atoms with Gasteiger partial charge in [0.2, 0.25) is 5.91 Å². The lowest BCUT2D eigenvalue weighted by Crippen LogP contribution is -2.29. The van der Waals surface area contributed by atoms with Gasteiger partial charge in [-0.2, -0.15) is 0 Å². The van der Waals surface area contributed by atoms with Crippen LogP contribution in [0.4, 0.5) is 5.69 Å². The van der Waals surface area contributed by atoms with Crippen molar-refractivity contribution in [3.63, 3.8) is 0 Å². The van der Waals surface area contributed by atoms with Crippen LogP contribution in [0.1, 0.15) is 18.4 Å². The average molecular weight is 451 g/mol. The molecule has 28 heavy (non-hydrogen) atoms. The largest absolute Gasteiger partial charge is 0.325 e. The third-order valence-electron chi connectivity index (χ3n) is 4.00. The molecule has 3 rings (SSSR count). The highest BCUT2D eigenvalue weighted by Gasteiger charge is 2.31. The summed E-state index contributed by atoms with van der Waals surface area (Å²) in [6.07, 6.45) is 2.49. The first-order valence-corrected chi connectivity index (χ1v) is 10.5. The van der Waals surface area contributed by atoms with Gasteiger partial charge in [0.1, 0.15) is 4.32 Å². The lowest BCUT2D eigenvalue weighted by atomic mass is 10.2. The predicted octanol–water partition coefficient (Wildman–Crippen LogP) is 5.61. The molecule has 1 heterocycles. The molecular weight excluding hydrogens is 435 g/mol. The lowest BCUT2D eigenvalue weighted by Gasteiger charge is -2.14. The van der Waals surface area contributed by atoms with E-state index in [1.165, 1.54) is 16.7 Å². The van der Waals surface area contributed by atoms with Crippen LogP contribution in [0.2, 0.25) is 10.0 Å². The highest BCUT2D eigenvalue weighted by atomic mass is 35.5. The number of amides is 2. The number of anilines is 1. The summed E-state index contributed by atoms with van der Waals surface area (Å²) in [4.78, 5) is 26.8. The van der Waals surface area contributed by atoms with Gasteiger partial charge in [0.05, 0.1) is 15.6 Å². The zero-order chi connectivity index (χ0) is 20.1. The Morgan fingerprint density at radius 3 is 2.50 bits per heavy atom. The number of nitrogens with one attached hydrogen (secondary N) is 1. The molecule has 0 unspecified atom stereocenters. The van der Waals surface area contributed by atoms with E-state index in [0.29, 0.717) is 37.9 Å². The summed E-state index contributed by atoms with van der Waals surface area (Å²) in [6, 6.07) is 14.3. The zero-order valence-electron chi connectivity index (χ0n) is 14.7. The molecule has 0 spiro atoms. The number of thioether (sulfide) groups is 1. The van der Waals surface area contributed by atoms with E-state index in [0.717, 1.165) is 5.56 Å². The van der Waals surface area contributed by atoms with E-state index in [2.05, 4.69) is 5.32 Å². The fourth-order valence-corrected chi connectivity index (χ4v) is 4.27. The van der Waals surface area contributed by atoms with Crippen molar-refractivity contribution >= 4 is 75.1 Å². The monoisotopic (exact) mass is 450 g/mol. The summed E-state index contributed by atoms with van der Waals surface area (Å²) in [5.41, 5.74) is 1.34. The Bertz CT molecular complexity index is 963. The molecule has 0 radical (unpaired) electrons. The van der Waals surface area contributed by atoms with Crippen LogP contribution in [-0.2, 0) is 9.59 Å². The molecule has 1 fully saturated rings. The molecule has 2 aromatic rings. The molecule has 4 nitrogen and oxygen atoms in total. The van der Waals surface area contributed by atoms with Crippen molar-refractivity contribution in [2.24, 2.45) is 0 Å². The molecule has 1 aliphatic heterocycles. The number of halogens is 2. The first-order chi connectivity index (χ1) is 13.5. The van der Waals surface area contributed by atoms with E-state index < -0.39 is 0 Å². The molecule has 144 valence electrons. The van der Waals surface area contributed by atoms with Gasteiger partial charge in [-0.1, -0.05) is 77.5 Å². The minimum Gasteiger partial charge on any atom is -0.325 e. The Kier molecular flexibility index (Phi) is 7.13. The minimum absolute atomic E-state index is 0.162. The fraction of sp³-hybridized carbons (Fsp3) is 0.150. The zero-order valence-corrected chi connectivity index (χ0v) is 17.8. The molecule has 0 atom stereocenters. The highest BCUT2D eigenvalue weighted by Crippen LogP contribution is 2.33. The Morgan fingerprint density at radius 2 is 1.79 bits per heavy atom. The second-order valence-corrected chi connectivity index (χ2v) is 8.48. The maximum absolute atomic E-state index is 12.6. The van der Waals surface area contributed by atoms with E-state index in [1.54, 1.807) is 36.4 Å². The molecule has 8 heteroatoms. The molecule has 1 aliphatic rings. The van der Waals surface area contributed by atoms with Crippen LogP contribution in [-0.4, -0.2) is 27.6 Å². The van der Waals surface area contributed by atoms with Gasteiger partial charge < -0.3 is 5.32 Å². The smallest absolute Gasteiger partial charge is 0.266 e. The summed E-state index contributed by atoms with van der Waals surface area (Å²) in [5, 5.41) is 3.82. The molecule has 0 aromatic heterocycles. The Labute approximate surface area is 182 Å². The fourth-order valence-electron chi connectivity index (χ4n) is 2.60. The van der Waals surface area contributed by atoms with Crippen LogP contribution in [0.15, 0.2) is 53.4 Å². The van der Waals surface area contributed by atoms with Crippen LogP contribution in [0, 0.1) is 0 Å². The summed E-state index contributed by atoms with van der Waals surface area (Å²) in [6.45, 7) is 0.375.